The quantitative estimate of drug-likeness (QED) is 0.613. The minimum Gasteiger partial charge on any atom is -0.370 e. The highest BCUT2D eigenvalue weighted by Crippen LogP contribution is 2.24. The number of hydrogen-bond donors (Lipinski definition) is 1. The molecule has 4 heteroatoms. The second kappa shape index (κ2) is 5.20. The number of nitrogens with zero attached hydrogens (tertiary/aromatic N) is 2. The largest absolute Gasteiger partial charge is 0.370 e. The first-order valence-corrected chi connectivity index (χ1v) is 5.89. The lowest BCUT2D eigenvalue weighted by Gasteiger charge is -2.10. The molecule has 1 aromatic heterocycles. The number of aromatic nitrogens is 2. The summed E-state index contributed by atoms with van der Waals surface area (Å²) in [6.45, 7) is 9.10. The first-order valence-electron chi connectivity index (χ1n) is 4.90. The van der Waals surface area contributed by atoms with Crippen molar-refractivity contribution in [2.75, 3.05) is 17.6 Å². The van der Waals surface area contributed by atoms with Crippen LogP contribution in [0.3, 0.4) is 0 Å². The van der Waals surface area contributed by atoms with Crippen molar-refractivity contribution < 1.29 is 0 Å². The van der Waals surface area contributed by atoms with Gasteiger partial charge in [0.1, 0.15) is 16.7 Å². The summed E-state index contributed by atoms with van der Waals surface area (Å²) in [7, 11) is 0. The Morgan fingerprint density at radius 1 is 1.21 bits per heavy atom. The molecular weight excluding hydrogens is 194 g/mol. The van der Waals surface area contributed by atoms with E-state index in [0.717, 1.165) is 34.5 Å². The fourth-order valence-electron chi connectivity index (χ4n) is 1.22. The highest BCUT2D eigenvalue weighted by atomic mass is 32.2. The van der Waals surface area contributed by atoms with Gasteiger partial charge in [-0.05, 0) is 26.5 Å². The maximum absolute atomic E-state index is 4.42. The van der Waals surface area contributed by atoms with E-state index in [1.807, 2.05) is 6.92 Å². The van der Waals surface area contributed by atoms with Crippen molar-refractivity contribution in [3.63, 3.8) is 0 Å². The molecule has 14 heavy (non-hydrogen) atoms. The van der Waals surface area contributed by atoms with Crippen LogP contribution in [-0.4, -0.2) is 22.3 Å². The summed E-state index contributed by atoms with van der Waals surface area (Å²) in [6.07, 6.45) is 0. The summed E-state index contributed by atoms with van der Waals surface area (Å²) >= 11 is 1.76. The third kappa shape index (κ3) is 2.61. The Kier molecular flexibility index (Phi) is 4.20. The lowest BCUT2D eigenvalue weighted by Crippen LogP contribution is -2.05. The summed E-state index contributed by atoms with van der Waals surface area (Å²) in [5.74, 6) is 2.85. The molecule has 0 bridgehead atoms. The van der Waals surface area contributed by atoms with Crippen LogP contribution in [0.1, 0.15) is 25.2 Å². The Balaban J connectivity index is 3.04. The van der Waals surface area contributed by atoms with Crippen molar-refractivity contribution in [1.82, 2.24) is 9.97 Å². The lowest BCUT2D eigenvalue weighted by atomic mass is 10.3. The Labute approximate surface area is 89.7 Å². The molecule has 1 heterocycles. The van der Waals surface area contributed by atoms with Gasteiger partial charge in [0.25, 0.3) is 0 Å². The number of aryl methyl sites for hydroxylation is 1. The first-order chi connectivity index (χ1) is 6.69. The highest BCUT2D eigenvalue weighted by molar-refractivity contribution is 7.99. The topological polar surface area (TPSA) is 37.8 Å². The van der Waals surface area contributed by atoms with Gasteiger partial charge < -0.3 is 5.32 Å². The van der Waals surface area contributed by atoms with Gasteiger partial charge in [0.05, 0.1) is 0 Å². The number of rotatable bonds is 4. The molecule has 0 spiro atoms. The molecule has 0 aliphatic carbocycles. The normalized spacial score (nSPS) is 10.3. The molecule has 0 saturated heterocycles. The molecular formula is C10H17N3S. The van der Waals surface area contributed by atoms with Gasteiger partial charge in [-0.2, -0.15) is 0 Å². The highest BCUT2D eigenvalue weighted by Gasteiger charge is 2.07. The number of hydrogen-bond acceptors (Lipinski definition) is 4. The van der Waals surface area contributed by atoms with Gasteiger partial charge >= 0.3 is 0 Å². The van der Waals surface area contributed by atoms with E-state index in [4.69, 9.17) is 0 Å². The first kappa shape index (κ1) is 11.3. The Bertz CT molecular complexity index is 285. The predicted octanol–water partition coefficient (Wildman–Crippen LogP) is 2.64. The number of nitrogens with one attached hydrogen (secondary N) is 1. The average molecular weight is 211 g/mol. The molecule has 0 unspecified atom stereocenters. The Morgan fingerprint density at radius 3 is 2.50 bits per heavy atom. The van der Waals surface area contributed by atoms with Crippen LogP contribution < -0.4 is 5.32 Å². The fourth-order valence-corrected chi connectivity index (χ4v) is 2.00. The molecule has 0 aliphatic heterocycles. The molecule has 78 valence electrons. The van der Waals surface area contributed by atoms with Crippen LogP contribution in [0.4, 0.5) is 5.82 Å². The minimum atomic E-state index is 0.836. The monoisotopic (exact) mass is 211 g/mol. The summed E-state index contributed by atoms with van der Waals surface area (Å²) < 4.78 is 0. The molecule has 1 aromatic rings. The van der Waals surface area contributed by atoms with Gasteiger partial charge in [0.15, 0.2) is 0 Å². The molecule has 0 radical (unpaired) electrons. The second-order valence-corrected chi connectivity index (χ2v) is 4.27. The maximum Gasteiger partial charge on any atom is 0.133 e. The standard InChI is InChI=1S/C10H17N3S/c1-5-11-9-7(3)10(14-6-2)13-8(4)12-9/h5-6H2,1-4H3,(H,11,12,13). The van der Waals surface area contributed by atoms with E-state index in [0.29, 0.717) is 0 Å². The van der Waals surface area contributed by atoms with E-state index in [2.05, 4.69) is 36.1 Å². The fraction of sp³-hybridized carbons (Fsp3) is 0.600. The maximum atomic E-state index is 4.42. The van der Waals surface area contributed by atoms with Crippen LogP contribution in [0, 0.1) is 13.8 Å². The SMILES string of the molecule is CCNc1nc(C)nc(SCC)c1C. The van der Waals surface area contributed by atoms with Crippen molar-refractivity contribution in [2.24, 2.45) is 0 Å². The van der Waals surface area contributed by atoms with Crippen LogP contribution in [0.25, 0.3) is 0 Å². The average Bonchev–Trinajstić information content (AvgIpc) is 2.14. The van der Waals surface area contributed by atoms with E-state index in [1.54, 1.807) is 11.8 Å². The van der Waals surface area contributed by atoms with Gasteiger partial charge in [0.2, 0.25) is 0 Å². The van der Waals surface area contributed by atoms with E-state index >= 15 is 0 Å². The minimum absolute atomic E-state index is 0.836. The summed E-state index contributed by atoms with van der Waals surface area (Å²) in [6, 6.07) is 0. The van der Waals surface area contributed by atoms with E-state index in [-0.39, 0.29) is 0 Å². The second-order valence-electron chi connectivity index (χ2n) is 3.01. The number of anilines is 1. The smallest absolute Gasteiger partial charge is 0.133 e. The zero-order valence-corrected chi connectivity index (χ0v) is 10.0. The number of thioether (sulfide) groups is 1. The van der Waals surface area contributed by atoms with E-state index in [1.165, 1.54) is 0 Å². The van der Waals surface area contributed by atoms with Crippen molar-refractivity contribution >= 4 is 17.6 Å². The third-order valence-electron chi connectivity index (χ3n) is 1.84. The van der Waals surface area contributed by atoms with Gasteiger partial charge in [-0.3, -0.25) is 0 Å². The molecule has 0 saturated carbocycles. The van der Waals surface area contributed by atoms with Gasteiger partial charge in [-0.1, -0.05) is 6.92 Å². The lowest BCUT2D eigenvalue weighted by molar-refractivity contribution is 0.933. The molecule has 0 fully saturated rings. The zero-order valence-electron chi connectivity index (χ0n) is 9.22. The summed E-state index contributed by atoms with van der Waals surface area (Å²) in [4.78, 5) is 8.79. The van der Waals surface area contributed by atoms with Crippen LogP contribution in [0.2, 0.25) is 0 Å². The van der Waals surface area contributed by atoms with Crippen LogP contribution in [-0.2, 0) is 0 Å². The Hall–Kier alpha value is -0.770. The summed E-state index contributed by atoms with van der Waals surface area (Å²) in [5, 5.41) is 4.34. The van der Waals surface area contributed by atoms with E-state index in [9.17, 15) is 0 Å². The van der Waals surface area contributed by atoms with Crippen molar-refractivity contribution in [3.8, 4) is 0 Å². The zero-order chi connectivity index (χ0) is 10.6. The molecule has 3 nitrogen and oxygen atoms in total. The van der Waals surface area contributed by atoms with Crippen molar-refractivity contribution in [2.45, 2.75) is 32.7 Å². The molecule has 0 aromatic carbocycles. The van der Waals surface area contributed by atoms with Gasteiger partial charge in [-0.15, -0.1) is 11.8 Å². The van der Waals surface area contributed by atoms with Crippen LogP contribution >= 0.6 is 11.8 Å². The van der Waals surface area contributed by atoms with Crippen molar-refractivity contribution in [3.05, 3.63) is 11.4 Å². The molecule has 0 amide bonds. The molecule has 0 atom stereocenters. The molecule has 1 rings (SSSR count). The van der Waals surface area contributed by atoms with Gasteiger partial charge in [-0.25, -0.2) is 9.97 Å². The third-order valence-corrected chi connectivity index (χ3v) is 2.80. The van der Waals surface area contributed by atoms with Crippen LogP contribution in [0.15, 0.2) is 5.03 Å². The predicted molar refractivity (Wildman–Crippen MR) is 62.1 cm³/mol. The molecule has 0 aliphatic rings. The van der Waals surface area contributed by atoms with Gasteiger partial charge in [0, 0.05) is 12.1 Å². The van der Waals surface area contributed by atoms with Crippen molar-refractivity contribution in [1.29, 1.82) is 0 Å². The van der Waals surface area contributed by atoms with E-state index < -0.39 is 0 Å². The molecule has 1 N–H and O–H groups in total. The summed E-state index contributed by atoms with van der Waals surface area (Å²) in [5.41, 5.74) is 1.16. The Morgan fingerprint density at radius 2 is 1.93 bits per heavy atom. The van der Waals surface area contributed by atoms with Crippen LogP contribution in [0.5, 0.6) is 0 Å².